The molecule has 0 aliphatic carbocycles. The third-order valence-electron chi connectivity index (χ3n) is 3.39. The Bertz CT molecular complexity index is 560. The summed E-state index contributed by atoms with van der Waals surface area (Å²) in [6, 6.07) is 10.7. The van der Waals surface area contributed by atoms with E-state index in [0.717, 1.165) is 19.5 Å². The minimum absolute atomic E-state index is 0.0553. The molecule has 1 aliphatic rings. The van der Waals surface area contributed by atoms with Gasteiger partial charge in [-0.25, -0.2) is 0 Å². The van der Waals surface area contributed by atoms with Crippen molar-refractivity contribution in [2.45, 2.75) is 25.5 Å². The Balaban J connectivity index is 1.62. The zero-order valence-corrected chi connectivity index (χ0v) is 11.8. The minimum Gasteiger partial charge on any atom is -0.461 e. The van der Waals surface area contributed by atoms with Crippen molar-refractivity contribution in [1.29, 1.82) is 0 Å². The molecular weight excluding hydrogens is 258 g/mol. The van der Waals surface area contributed by atoms with Crippen molar-refractivity contribution in [2.24, 2.45) is 0 Å². The Kier molecular flexibility index (Phi) is 3.53. The van der Waals surface area contributed by atoms with Gasteiger partial charge in [-0.05, 0) is 31.0 Å². The predicted octanol–water partition coefficient (Wildman–Crippen LogP) is 3.04. The van der Waals surface area contributed by atoms with Gasteiger partial charge in [0.2, 0.25) is 0 Å². The Morgan fingerprint density at radius 2 is 2.26 bits per heavy atom. The zero-order valence-electron chi connectivity index (χ0n) is 11.0. The van der Waals surface area contributed by atoms with E-state index in [9.17, 15) is 4.79 Å². The molecule has 0 N–H and O–H groups in total. The van der Waals surface area contributed by atoms with Gasteiger partial charge in [-0.2, -0.15) is 0 Å². The Morgan fingerprint density at radius 3 is 3.00 bits per heavy atom. The summed E-state index contributed by atoms with van der Waals surface area (Å²) < 4.78 is 6.58. The zero-order chi connectivity index (χ0) is 13.2. The molecule has 0 unspecified atom stereocenters. The van der Waals surface area contributed by atoms with Crippen LogP contribution in [0.1, 0.15) is 17.7 Å². The number of thiophene rings is 1. The number of likely N-dealkylation sites (N-methyl/N-ethyl adjacent to an activating group) is 1. The van der Waals surface area contributed by atoms with Crippen molar-refractivity contribution in [2.75, 3.05) is 13.6 Å². The lowest BCUT2D eigenvalue weighted by Crippen LogP contribution is -2.28. The molecule has 1 aliphatic heterocycles. The van der Waals surface area contributed by atoms with Crippen LogP contribution in [-0.2, 0) is 16.1 Å². The normalized spacial score (nSPS) is 19.3. The van der Waals surface area contributed by atoms with Gasteiger partial charge in [0.15, 0.2) is 0 Å². The Labute approximate surface area is 116 Å². The molecule has 1 atom stereocenters. The number of ether oxygens (including phenoxy) is 1. The first-order valence-corrected chi connectivity index (χ1v) is 7.38. The first kappa shape index (κ1) is 12.6. The van der Waals surface area contributed by atoms with Gasteiger partial charge >= 0.3 is 5.97 Å². The van der Waals surface area contributed by atoms with Gasteiger partial charge in [-0.15, -0.1) is 11.3 Å². The van der Waals surface area contributed by atoms with Crippen LogP contribution in [0.15, 0.2) is 30.3 Å². The van der Waals surface area contributed by atoms with Crippen LogP contribution in [0.4, 0.5) is 0 Å². The highest BCUT2D eigenvalue weighted by Crippen LogP contribution is 2.26. The molecule has 2 aromatic rings. The number of fused-ring (bicyclic) bond motifs is 1. The third kappa shape index (κ3) is 2.96. The molecule has 1 aromatic heterocycles. The van der Waals surface area contributed by atoms with E-state index in [2.05, 4.69) is 42.3 Å². The summed E-state index contributed by atoms with van der Waals surface area (Å²) in [7, 11) is 2.08. The number of carbonyl (C=O) groups excluding carboxylic acids is 1. The summed E-state index contributed by atoms with van der Waals surface area (Å²) in [5.41, 5.74) is 0. The number of hydrogen-bond donors (Lipinski definition) is 0. The summed E-state index contributed by atoms with van der Waals surface area (Å²) in [5.74, 6) is -0.0553. The van der Waals surface area contributed by atoms with Crippen LogP contribution in [0, 0.1) is 0 Å². The SMILES string of the molecule is CN(Cc1cc2ccccc2s1)C[C@H]1CCC(=O)O1. The van der Waals surface area contributed by atoms with E-state index < -0.39 is 0 Å². The predicted molar refractivity (Wildman–Crippen MR) is 77.3 cm³/mol. The molecule has 0 saturated carbocycles. The highest BCUT2D eigenvalue weighted by molar-refractivity contribution is 7.19. The lowest BCUT2D eigenvalue weighted by atomic mass is 10.2. The lowest BCUT2D eigenvalue weighted by molar-refractivity contribution is -0.141. The number of rotatable bonds is 4. The molecule has 1 fully saturated rings. The molecule has 19 heavy (non-hydrogen) atoms. The fraction of sp³-hybridized carbons (Fsp3) is 0.400. The Morgan fingerprint density at radius 1 is 1.42 bits per heavy atom. The second kappa shape index (κ2) is 5.31. The third-order valence-corrected chi connectivity index (χ3v) is 4.49. The first-order valence-electron chi connectivity index (χ1n) is 6.56. The van der Waals surface area contributed by atoms with E-state index in [1.807, 2.05) is 11.3 Å². The van der Waals surface area contributed by atoms with Crippen molar-refractivity contribution in [3.63, 3.8) is 0 Å². The lowest BCUT2D eigenvalue weighted by Gasteiger charge is -2.19. The molecule has 1 saturated heterocycles. The quantitative estimate of drug-likeness (QED) is 0.803. The summed E-state index contributed by atoms with van der Waals surface area (Å²) >= 11 is 1.83. The van der Waals surface area contributed by atoms with Crippen molar-refractivity contribution in [3.05, 3.63) is 35.2 Å². The molecule has 1 aromatic carbocycles. The molecule has 0 amide bonds. The highest BCUT2D eigenvalue weighted by atomic mass is 32.1. The van der Waals surface area contributed by atoms with E-state index >= 15 is 0 Å². The summed E-state index contributed by atoms with van der Waals surface area (Å²) in [6.07, 6.45) is 1.50. The maximum absolute atomic E-state index is 11.1. The largest absolute Gasteiger partial charge is 0.461 e. The average Bonchev–Trinajstić information content (AvgIpc) is 2.94. The van der Waals surface area contributed by atoms with Gasteiger partial charge in [-0.3, -0.25) is 9.69 Å². The standard InChI is InChI=1S/C15H17NO2S/c1-16(9-12-6-7-15(17)18-12)10-13-8-11-4-2-3-5-14(11)19-13/h2-5,8,12H,6-7,9-10H2,1H3/t12-/m1/s1. The smallest absolute Gasteiger partial charge is 0.306 e. The number of nitrogens with zero attached hydrogens (tertiary/aromatic N) is 1. The topological polar surface area (TPSA) is 29.5 Å². The van der Waals surface area contributed by atoms with Gasteiger partial charge < -0.3 is 4.74 Å². The minimum atomic E-state index is -0.0553. The van der Waals surface area contributed by atoms with E-state index in [4.69, 9.17) is 4.74 Å². The van der Waals surface area contributed by atoms with Crippen LogP contribution in [0.3, 0.4) is 0 Å². The van der Waals surface area contributed by atoms with Crippen LogP contribution >= 0.6 is 11.3 Å². The molecule has 3 nitrogen and oxygen atoms in total. The fourth-order valence-corrected chi connectivity index (χ4v) is 3.65. The Hall–Kier alpha value is -1.39. The van der Waals surface area contributed by atoms with Crippen LogP contribution in [0.2, 0.25) is 0 Å². The molecule has 0 bridgehead atoms. The summed E-state index contributed by atoms with van der Waals surface area (Å²) in [4.78, 5) is 14.7. The number of benzene rings is 1. The second-order valence-electron chi connectivity index (χ2n) is 5.10. The molecule has 0 spiro atoms. The highest BCUT2D eigenvalue weighted by Gasteiger charge is 2.24. The fourth-order valence-electron chi connectivity index (χ4n) is 2.50. The number of esters is 1. The first-order chi connectivity index (χ1) is 9.20. The average molecular weight is 275 g/mol. The van der Waals surface area contributed by atoms with Crippen LogP contribution in [0.5, 0.6) is 0 Å². The molecule has 0 radical (unpaired) electrons. The van der Waals surface area contributed by atoms with Gasteiger partial charge in [0, 0.05) is 29.1 Å². The van der Waals surface area contributed by atoms with Crippen LogP contribution < -0.4 is 0 Å². The molecule has 100 valence electrons. The summed E-state index contributed by atoms with van der Waals surface area (Å²) in [5, 5.41) is 1.31. The van der Waals surface area contributed by atoms with Crippen LogP contribution in [0.25, 0.3) is 10.1 Å². The van der Waals surface area contributed by atoms with Gasteiger partial charge in [0.25, 0.3) is 0 Å². The van der Waals surface area contributed by atoms with Crippen LogP contribution in [-0.4, -0.2) is 30.6 Å². The maximum atomic E-state index is 11.1. The molecular formula is C15H17NO2S. The van der Waals surface area contributed by atoms with Crippen molar-refractivity contribution >= 4 is 27.4 Å². The van der Waals surface area contributed by atoms with Gasteiger partial charge in [-0.1, -0.05) is 18.2 Å². The van der Waals surface area contributed by atoms with Crippen molar-refractivity contribution in [3.8, 4) is 0 Å². The van der Waals surface area contributed by atoms with E-state index in [1.165, 1.54) is 15.0 Å². The van der Waals surface area contributed by atoms with Gasteiger partial charge in [0.05, 0.1) is 0 Å². The van der Waals surface area contributed by atoms with Crippen molar-refractivity contribution < 1.29 is 9.53 Å². The summed E-state index contributed by atoms with van der Waals surface area (Å²) in [6.45, 7) is 1.73. The number of cyclic esters (lactones) is 1. The molecule has 4 heteroatoms. The molecule has 2 heterocycles. The molecule has 3 rings (SSSR count). The van der Waals surface area contributed by atoms with E-state index in [0.29, 0.717) is 6.42 Å². The van der Waals surface area contributed by atoms with Gasteiger partial charge in [0.1, 0.15) is 6.10 Å². The van der Waals surface area contributed by atoms with E-state index in [-0.39, 0.29) is 12.1 Å². The van der Waals surface area contributed by atoms with Crippen molar-refractivity contribution in [1.82, 2.24) is 4.90 Å². The second-order valence-corrected chi connectivity index (χ2v) is 6.27. The number of hydrogen-bond acceptors (Lipinski definition) is 4. The monoisotopic (exact) mass is 275 g/mol. The maximum Gasteiger partial charge on any atom is 0.306 e. The van der Waals surface area contributed by atoms with E-state index in [1.54, 1.807) is 0 Å². The number of carbonyl (C=O) groups is 1.